The molecular weight excluding hydrogens is 382 g/mol. The van der Waals surface area contributed by atoms with E-state index in [1.165, 1.54) is 0 Å². The van der Waals surface area contributed by atoms with Crippen LogP contribution in [0.4, 0.5) is 5.69 Å². The maximum atomic E-state index is 12.2. The Bertz CT molecular complexity index is 664. The van der Waals surface area contributed by atoms with Crippen LogP contribution in [0, 0.1) is 0 Å². The molecule has 21 heavy (non-hydrogen) atoms. The molecule has 1 aliphatic heterocycles. The van der Waals surface area contributed by atoms with E-state index < -0.39 is 21.3 Å². The van der Waals surface area contributed by atoms with Gasteiger partial charge in [0.25, 0.3) is 0 Å². The number of sulfone groups is 1. The Hall–Kier alpha value is -0.790. The Morgan fingerprint density at radius 2 is 2.24 bits per heavy atom. The van der Waals surface area contributed by atoms with Gasteiger partial charge in [-0.15, -0.1) is 0 Å². The average Bonchev–Trinajstić information content (AvgIpc) is 2.71. The van der Waals surface area contributed by atoms with Crippen LogP contribution in [0.1, 0.15) is 13.3 Å². The van der Waals surface area contributed by atoms with Gasteiger partial charge >= 0.3 is 5.97 Å². The number of carbonyl (C=O) groups is 1. The summed E-state index contributed by atoms with van der Waals surface area (Å²) in [6, 6.07) is 5.06. The molecule has 1 aromatic carbocycles. The van der Waals surface area contributed by atoms with Gasteiger partial charge in [-0.05, 0) is 47.5 Å². The summed E-state index contributed by atoms with van der Waals surface area (Å²) in [5.41, 5.74) is -0.626. The van der Waals surface area contributed by atoms with E-state index in [1.54, 1.807) is 25.1 Å². The molecule has 1 fully saturated rings. The fraction of sp³-hybridized carbons (Fsp3) is 0.462. The van der Waals surface area contributed by atoms with E-state index in [9.17, 15) is 13.2 Å². The Kier molecular flexibility index (Phi) is 4.85. The van der Waals surface area contributed by atoms with Crippen LogP contribution in [0.2, 0.25) is 5.02 Å². The SMILES string of the molecule is CCOC(=O)C1(Nc2ccc(Cl)c(Br)c2)CCS(=O)(=O)C1. The van der Waals surface area contributed by atoms with E-state index >= 15 is 0 Å². The summed E-state index contributed by atoms with van der Waals surface area (Å²) in [5, 5.41) is 3.55. The van der Waals surface area contributed by atoms with Crippen LogP contribution in [0.15, 0.2) is 22.7 Å². The molecule has 5 nitrogen and oxygen atoms in total. The highest BCUT2D eigenvalue weighted by Gasteiger charge is 2.49. The van der Waals surface area contributed by atoms with E-state index in [4.69, 9.17) is 16.3 Å². The normalized spacial score (nSPS) is 23.8. The Labute approximate surface area is 137 Å². The quantitative estimate of drug-likeness (QED) is 0.792. The molecule has 2 rings (SSSR count). The van der Waals surface area contributed by atoms with Crippen LogP contribution >= 0.6 is 27.5 Å². The molecule has 0 amide bonds. The second kappa shape index (κ2) is 6.14. The zero-order valence-electron chi connectivity index (χ0n) is 11.4. The van der Waals surface area contributed by atoms with Crippen LogP contribution in [-0.4, -0.2) is 38.0 Å². The average molecular weight is 397 g/mol. The molecule has 0 bridgehead atoms. The summed E-state index contributed by atoms with van der Waals surface area (Å²) < 4.78 is 29.3. The highest BCUT2D eigenvalue weighted by Crippen LogP contribution is 2.32. The first kappa shape index (κ1) is 16.6. The Morgan fingerprint density at radius 1 is 1.52 bits per heavy atom. The lowest BCUT2D eigenvalue weighted by Gasteiger charge is -2.27. The van der Waals surface area contributed by atoms with Gasteiger partial charge in [0.05, 0.1) is 23.1 Å². The first-order chi connectivity index (χ1) is 9.78. The standard InChI is InChI=1S/C13H15BrClNO4S/c1-2-20-12(17)13(5-6-21(18,19)8-13)16-9-3-4-11(15)10(14)7-9/h3-4,7,16H,2,5-6,8H2,1H3. The molecule has 1 aliphatic rings. The van der Waals surface area contributed by atoms with Gasteiger partial charge in [0.15, 0.2) is 15.4 Å². The Balaban J connectivity index is 2.32. The third-order valence-corrected chi connectivity index (χ3v) is 6.25. The molecule has 0 saturated carbocycles. The van der Waals surface area contributed by atoms with Crippen molar-refractivity contribution >= 4 is 49.0 Å². The van der Waals surface area contributed by atoms with Gasteiger partial charge in [-0.2, -0.15) is 0 Å². The highest BCUT2D eigenvalue weighted by atomic mass is 79.9. The lowest BCUT2D eigenvalue weighted by Crippen LogP contribution is -2.48. The highest BCUT2D eigenvalue weighted by molar-refractivity contribution is 9.10. The zero-order valence-corrected chi connectivity index (χ0v) is 14.5. The largest absolute Gasteiger partial charge is 0.464 e. The van der Waals surface area contributed by atoms with Gasteiger partial charge in [-0.3, -0.25) is 0 Å². The van der Waals surface area contributed by atoms with Crippen LogP contribution < -0.4 is 5.32 Å². The number of halogens is 2. The minimum atomic E-state index is -3.26. The topological polar surface area (TPSA) is 72.5 Å². The molecule has 1 N–H and O–H groups in total. The van der Waals surface area contributed by atoms with Gasteiger partial charge in [0, 0.05) is 10.2 Å². The predicted molar refractivity (Wildman–Crippen MR) is 85.4 cm³/mol. The molecule has 0 radical (unpaired) electrons. The van der Waals surface area contributed by atoms with E-state index in [-0.39, 0.29) is 24.5 Å². The molecule has 1 atom stereocenters. The van der Waals surface area contributed by atoms with Crippen molar-refractivity contribution < 1.29 is 17.9 Å². The molecule has 0 aliphatic carbocycles. The summed E-state index contributed by atoms with van der Waals surface area (Å²) in [5.74, 6) is -0.843. The van der Waals surface area contributed by atoms with Crippen LogP contribution in [0.25, 0.3) is 0 Å². The molecule has 0 aromatic heterocycles. The van der Waals surface area contributed by atoms with Crippen molar-refractivity contribution in [2.45, 2.75) is 18.9 Å². The Morgan fingerprint density at radius 3 is 2.76 bits per heavy atom. The number of anilines is 1. The number of rotatable bonds is 4. The van der Waals surface area contributed by atoms with Gasteiger partial charge < -0.3 is 10.1 Å². The van der Waals surface area contributed by atoms with Crippen molar-refractivity contribution in [1.29, 1.82) is 0 Å². The van der Waals surface area contributed by atoms with Crippen LogP contribution in [0.5, 0.6) is 0 Å². The third kappa shape index (κ3) is 3.70. The summed E-state index contributed by atoms with van der Waals surface area (Å²) in [6.07, 6.45) is 0.189. The minimum Gasteiger partial charge on any atom is -0.464 e. The van der Waals surface area contributed by atoms with Crippen molar-refractivity contribution in [2.24, 2.45) is 0 Å². The fourth-order valence-electron chi connectivity index (χ4n) is 2.28. The lowest BCUT2D eigenvalue weighted by atomic mass is 9.98. The molecule has 0 spiro atoms. The van der Waals surface area contributed by atoms with E-state index in [2.05, 4.69) is 21.2 Å². The summed E-state index contributed by atoms with van der Waals surface area (Å²) >= 11 is 9.22. The molecule has 1 saturated heterocycles. The van der Waals surface area contributed by atoms with Crippen molar-refractivity contribution in [3.8, 4) is 0 Å². The van der Waals surface area contributed by atoms with Crippen LogP contribution in [-0.2, 0) is 19.4 Å². The molecule has 1 heterocycles. The second-order valence-electron chi connectivity index (χ2n) is 4.90. The van der Waals surface area contributed by atoms with Crippen molar-refractivity contribution in [3.63, 3.8) is 0 Å². The molecule has 116 valence electrons. The maximum Gasteiger partial charge on any atom is 0.332 e. The van der Waals surface area contributed by atoms with E-state index in [0.29, 0.717) is 15.2 Å². The number of benzene rings is 1. The number of ether oxygens (including phenoxy) is 1. The second-order valence-corrected chi connectivity index (χ2v) is 8.34. The first-order valence-corrected chi connectivity index (χ1v) is 9.38. The predicted octanol–water partition coefficient (Wildman–Crippen LogP) is 2.63. The summed E-state index contributed by atoms with van der Waals surface area (Å²) in [6.45, 7) is 1.89. The molecule has 1 aromatic rings. The number of hydrogen-bond donors (Lipinski definition) is 1. The number of nitrogens with one attached hydrogen (secondary N) is 1. The zero-order chi connectivity index (χ0) is 15.7. The van der Waals surface area contributed by atoms with Gasteiger partial charge in [0.1, 0.15) is 0 Å². The van der Waals surface area contributed by atoms with Gasteiger partial charge in [-0.25, -0.2) is 13.2 Å². The van der Waals surface area contributed by atoms with Crippen molar-refractivity contribution in [3.05, 3.63) is 27.7 Å². The minimum absolute atomic E-state index is 0.0342. The molecular formula is C13H15BrClNO4S. The number of carbonyl (C=O) groups excluding carboxylic acids is 1. The third-order valence-electron chi connectivity index (χ3n) is 3.28. The van der Waals surface area contributed by atoms with E-state index in [1.807, 2.05) is 0 Å². The summed E-state index contributed by atoms with van der Waals surface area (Å²) in [7, 11) is -3.26. The summed E-state index contributed by atoms with van der Waals surface area (Å²) in [4.78, 5) is 12.2. The molecule has 8 heteroatoms. The first-order valence-electron chi connectivity index (χ1n) is 6.39. The lowest BCUT2D eigenvalue weighted by molar-refractivity contribution is -0.147. The van der Waals surface area contributed by atoms with E-state index in [0.717, 1.165) is 0 Å². The van der Waals surface area contributed by atoms with Crippen molar-refractivity contribution in [1.82, 2.24) is 0 Å². The van der Waals surface area contributed by atoms with Crippen LogP contribution in [0.3, 0.4) is 0 Å². The van der Waals surface area contributed by atoms with Gasteiger partial charge in [0.2, 0.25) is 0 Å². The monoisotopic (exact) mass is 395 g/mol. The number of esters is 1. The maximum absolute atomic E-state index is 12.2. The smallest absolute Gasteiger partial charge is 0.332 e. The van der Waals surface area contributed by atoms with Crippen molar-refractivity contribution in [2.75, 3.05) is 23.4 Å². The molecule has 1 unspecified atom stereocenters. The number of hydrogen-bond acceptors (Lipinski definition) is 5. The van der Waals surface area contributed by atoms with Gasteiger partial charge in [-0.1, -0.05) is 11.6 Å². The fourth-order valence-corrected chi connectivity index (χ4v) is 4.66.